The molecule has 110 valence electrons. The molecule has 3 nitrogen and oxygen atoms in total. The van der Waals surface area contributed by atoms with Crippen molar-refractivity contribution in [3.63, 3.8) is 0 Å². The number of nitrogens with zero attached hydrogens (tertiary/aromatic N) is 1. The number of nitrogens with two attached hydrogens (primary N) is 1. The minimum Gasteiger partial charge on any atom is -0.398 e. The predicted molar refractivity (Wildman–Crippen MR) is 77.7 cm³/mol. The lowest BCUT2D eigenvalue weighted by molar-refractivity contribution is 0.0780. The summed E-state index contributed by atoms with van der Waals surface area (Å²) in [7, 11) is 1.55. The molecule has 21 heavy (non-hydrogen) atoms. The molecule has 0 saturated heterocycles. The Bertz CT molecular complexity index is 686. The average Bonchev–Trinajstić information content (AvgIpc) is 2.44. The van der Waals surface area contributed by atoms with E-state index in [4.69, 9.17) is 5.73 Å². The Balaban J connectivity index is 2.24. The molecule has 0 aliphatic heterocycles. The Morgan fingerprint density at radius 1 is 1.19 bits per heavy atom. The van der Waals surface area contributed by atoms with Gasteiger partial charge in [0, 0.05) is 25.3 Å². The van der Waals surface area contributed by atoms with E-state index in [1.165, 1.54) is 17.9 Å². The fourth-order valence-corrected chi connectivity index (χ4v) is 2.03. The lowest BCUT2D eigenvalue weighted by Crippen LogP contribution is -2.27. The van der Waals surface area contributed by atoms with Crippen molar-refractivity contribution in [3.05, 3.63) is 64.7 Å². The van der Waals surface area contributed by atoms with E-state index in [2.05, 4.69) is 0 Å². The topological polar surface area (TPSA) is 46.3 Å². The summed E-state index contributed by atoms with van der Waals surface area (Å²) in [4.78, 5) is 13.6. The Hall–Kier alpha value is -2.43. The van der Waals surface area contributed by atoms with Crippen LogP contribution >= 0.6 is 0 Å². The van der Waals surface area contributed by atoms with Crippen LogP contribution in [0.25, 0.3) is 0 Å². The molecule has 0 aliphatic carbocycles. The maximum atomic E-state index is 13.7. The first kappa shape index (κ1) is 15.0. The van der Waals surface area contributed by atoms with E-state index in [0.29, 0.717) is 5.69 Å². The number of carbonyl (C=O) groups is 1. The first-order chi connectivity index (χ1) is 9.90. The van der Waals surface area contributed by atoms with Crippen LogP contribution in [0.5, 0.6) is 0 Å². The lowest BCUT2D eigenvalue weighted by atomic mass is 10.1. The number of halogens is 2. The molecule has 0 unspecified atom stereocenters. The van der Waals surface area contributed by atoms with Crippen LogP contribution in [0.3, 0.4) is 0 Å². The number of hydrogen-bond donors (Lipinski definition) is 1. The van der Waals surface area contributed by atoms with Crippen LogP contribution in [0, 0.1) is 18.6 Å². The van der Waals surface area contributed by atoms with E-state index in [1.54, 1.807) is 25.2 Å². The quantitative estimate of drug-likeness (QED) is 0.883. The van der Waals surface area contributed by atoms with Gasteiger partial charge in [0.05, 0.1) is 5.56 Å². The molecule has 0 spiro atoms. The highest BCUT2D eigenvalue weighted by molar-refractivity contribution is 5.94. The van der Waals surface area contributed by atoms with Crippen molar-refractivity contribution < 1.29 is 13.6 Å². The SMILES string of the molecule is Cc1cc(C(=O)N(C)Cc2ccccc2N)c(F)cc1F. The third-order valence-corrected chi connectivity index (χ3v) is 3.29. The summed E-state index contributed by atoms with van der Waals surface area (Å²) in [5.41, 5.74) is 7.24. The molecule has 1 amide bonds. The van der Waals surface area contributed by atoms with Crippen molar-refractivity contribution in [2.45, 2.75) is 13.5 Å². The van der Waals surface area contributed by atoms with Gasteiger partial charge in [0.2, 0.25) is 0 Å². The predicted octanol–water partition coefficient (Wildman–Crippen LogP) is 3.13. The van der Waals surface area contributed by atoms with E-state index >= 15 is 0 Å². The molecule has 0 radical (unpaired) electrons. The molecule has 2 aromatic rings. The van der Waals surface area contributed by atoms with Gasteiger partial charge in [-0.05, 0) is 30.2 Å². The molecular formula is C16H16F2N2O. The van der Waals surface area contributed by atoms with E-state index in [-0.39, 0.29) is 17.7 Å². The van der Waals surface area contributed by atoms with Crippen molar-refractivity contribution in [3.8, 4) is 0 Å². The monoisotopic (exact) mass is 290 g/mol. The first-order valence-electron chi connectivity index (χ1n) is 6.44. The summed E-state index contributed by atoms with van der Waals surface area (Å²) >= 11 is 0. The van der Waals surface area contributed by atoms with E-state index in [1.807, 2.05) is 6.07 Å². The molecule has 0 heterocycles. The third kappa shape index (κ3) is 3.18. The summed E-state index contributed by atoms with van der Waals surface area (Å²) in [6, 6.07) is 9.09. The van der Waals surface area contributed by atoms with Crippen molar-refractivity contribution in [2.75, 3.05) is 12.8 Å². The van der Waals surface area contributed by atoms with E-state index in [0.717, 1.165) is 11.6 Å². The molecule has 2 rings (SSSR count). The van der Waals surface area contributed by atoms with Gasteiger partial charge < -0.3 is 10.6 Å². The van der Waals surface area contributed by atoms with Gasteiger partial charge in [-0.15, -0.1) is 0 Å². The molecule has 5 heteroatoms. The summed E-state index contributed by atoms with van der Waals surface area (Å²) in [6.45, 7) is 1.74. The second kappa shape index (κ2) is 5.91. The third-order valence-electron chi connectivity index (χ3n) is 3.29. The zero-order chi connectivity index (χ0) is 15.6. The van der Waals surface area contributed by atoms with Crippen molar-refractivity contribution in [1.29, 1.82) is 0 Å². The van der Waals surface area contributed by atoms with Gasteiger partial charge in [0.25, 0.3) is 5.91 Å². The summed E-state index contributed by atoms with van der Waals surface area (Å²) in [6.07, 6.45) is 0. The zero-order valence-corrected chi connectivity index (χ0v) is 11.9. The standard InChI is InChI=1S/C16H16F2N2O/c1-10-7-12(14(18)8-13(10)17)16(21)20(2)9-11-5-3-4-6-15(11)19/h3-8H,9,19H2,1-2H3. The lowest BCUT2D eigenvalue weighted by Gasteiger charge is -2.19. The molecule has 0 aliphatic rings. The normalized spacial score (nSPS) is 10.5. The van der Waals surface area contributed by atoms with Crippen molar-refractivity contribution in [2.24, 2.45) is 0 Å². The van der Waals surface area contributed by atoms with E-state index < -0.39 is 17.5 Å². The number of nitrogen functional groups attached to an aromatic ring is 1. The molecular weight excluding hydrogens is 274 g/mol. The molecule has 2 N–H and O–H groups in total. The van der Waals surface area contributed by atoms with Gasteiger partial charge in [-0.3, -0.25) is 4.79 Å². The second-order valence-corrected chi connectivity index (χ2v) is 4.94. The van der Waals surface area contributed by atoms with Crippen LogP contribution in [0.1, 0.15) is 21.5 Å². The Labute approximate surface area is 122 Å². The molecule has 0 atom stereocenters. The van der Waals surface area contributed by atoms with Gasteiger partial charge in [0.15, 0.2) is 0 Å². The summed E-state index contributed by atoms with van der Waals surface area (Å²) in [5.74, 6) is -2.05. The zero-order valence-electron chi connectivity index (χ0n) is 11.9. The number of benzene rings is 2. The van der Waals surface area contributed by atoms with Crippen LogP contribution < -0.4 is 5.73 Å². The number of amides is 1. The first-order valence-corrected chi connectivity index (χ1v) is 6.44. The van der Waals surface area contributed by atoms with Crippen molar-refractivity contribution >= 4 is 11.6 Å². The number of anilines is 1. The van der Waals surface area contributed by atoms with Crippen LogP contribution in [0.15, 0.2) is 36.4 Å². The molecule has 0 saturated carbocycles. The van der Waals surface area contributed by atoms with Crippen LogP contribution in [0.2, 0.25) is 0 Å². The van der Waals surface area contributed by atoms with E-state index in [9.17, 15) is 13.6 Å². The summed E-state index contributed by atoms with van der Waals surface area (Å²) < 4.78 is 27.0. The molecule has 0 fully saturated rings. The Morgan fingerprint density at radius 3 is 2.52 bits per heavy atom. The fraction of sp³-hybridized carbons (Fsp3) is 0.188. The highest BCUT2D eigenvalue weighted by Crippen LogP contribution is 2.18. The van der Waals surface area contributed by atoms with Gasteiger partial charge in [-0.25, -0.2) is 8.78 Å². The number of hydrogen-bond acceptors (Lipinski definition) is 2. The maximum Gasteiger partial charge on any atom is 0.256 e. The second-order valence-electron chi connectivity index (χ2n) is 4.94. The fourth-order valence-electron chi connectivity index (χ4n) is 2.03. The molecule has 0 bridgehead atoms. The minimum atomic E-state index is -0.865. The van der Waals surface area contributed by atoms with Crippen LogP contribution in [-0.4, -0.2) is 17.9 Å². The minimum absolute atomic E-state index is 0.147. The van der Waals surface area contributed by atoms with Gasteiger partial charge in [-0.1, -0.05) is 18.2 Å². The maximum absolute atomic E-state index is 13.7. The highest BCUT2D eigenvalue weighted by Gasteiger charge is 2.18. The average molecular weight is 290 g/mol. The highest BCUT2D eigenvalue weighted by atomic mass is 19.1. The molecule has 2 aromatic carbocycles. The molecule has 0 aromatic heterocycles. The Morgan fingerprint density at radius 2 is 1.86 bits per heavy atom. The van der Waals surface area contributed by atoms with Gasteiger partial charge in [-0.2, -0.15) is 0 Å². The number of carbonyl (C=O) groups excluding carboxylic acids is 1. The van der Waals surface area contributed by atoms with Crippen LogP contribution in [0.4, 0.5) is 14.5 Å². The van der Waals surface area contributed by atoms with Gasteiger partial charge in [0.1, 0.15) is 11.6 Å². The number of aryl methyl sites for hydroxylation is 1. The largest absolute Gasteiger partial charge is 0.398 e. The van der Waals surface area contributed by atoms with Crippen LogP contribution in [-0.2, 0) is 6.54 Å². The number of para-hydroxylation sites is 1. The Kier molecular flexibility index (Phi) is 4.21. The van der Waals surface area contributed by atoms with Crippen molar-refractivity contribution in [1.82, 2.24) is 4.90 Å². The number of rotatable bonds is 3. The summed E-state index contributed by atoms with van der Waals surface area (Å²) in [5, 5.41) is 0. The van der Waals surface area contributed by atoms with Gasteiger partial charge >= 0.3 is 0 Å². The smallest absolute Gasteiger partial charge is 0.256 e.